The Morgan fingerprint density at radius 3 is 2.38 bits per heavy atom. The molecule has 1 aromatic rings. The molecule has 0 N–H and O–H groups in total. The maximum Gasteiger partial charge on any atom is 0.416 e. The van der Waals surface area contributed by atoms with Gasteiger partial charge in [0.25, 0.3) is 0 Å². The van der Waals surface area contributed by atoms with Crippen molar-refractivity contribution in [1.82, 2.24) is 0 Å². The van der Waals surface area contributed by atoms with E-state index in [1.54, 1.807) is 6.26 Å². The first kappa shape index (κ1) is 17.6. The van der Waals surface area contributed by atoms with Crippen molar-refractivity contribution in [2.75, 3.05) is 11.2 Å². The minimum absolute atomic E-state index is 0.000341. The molecule has 3 saturated carbocycles. The molecule has 2 bridgehead atoms. The van der Waals surface area contributed by atoms with Crippen molar-refractivity contribution in [2.45, 2.75) is 30.3 Å². The van der Waals surface area contributed by atoms with E-state index in [-0.39, 0.29) is 23.8 Å². The van der Waals surface area contributed by atoms with Crippen molar-refractivity contribution in [1.29, 1.82) is 0 Å². The van der Waals surface area contributed by atoms with Gasteiger partial charge < -0.3 is 0 Å². The van der Waals surface area contributed by atoms with Crippen LogP contribution >= 0.6 is 11.8 Å². The van der Waals surface area contributed by atoms with Gasteiger partial charge >= 0.3 is 6.18 Å². The molecule has 3 aliphatic carbocycles. The van der Waals surface area contributed by atoms with E-state index in [9.17, 15) is 27.6 Å². The Kier molecular flexibility index (Phi) is 3.95. The first-order valence-corrected chi connectivity index (χ1v) is 9.62. The number of alkyl halides is 3. The third kappa shape index (κ3) is 2.41. The second kappa shape index (κ2) is 5.84. The number of fused-ring (bicyclic) bond motifs is 2. The van der Waals surface area contributed by atoms with Crippen molar-refractivity contribution in [3.63, 3.8) is 0 Å². The Hall–Kier alpha value is -1.83. The van der Waals surface area contributed by atoms with E-state index in [0.29, 0.717) is 17.7 Å². The molecule has 4 aliphatic rings. The van der Waals surface area contributed by atoms with Crippen LogP contribution in [0.1, 0.15) is 24.8 Å². The van der Waals surface area contributed by atoms with Gasteiger partial charge in [0.05, 0.1) is 23.1 Å². The summed E-state index contributed by atoms with van der Waals surface area (Å²) in [6.07, 6.45) is -1.31. The number of halogens is 3. The molecule has 138 valence electrons. The molecule has 1 heterocycles. The lowest BCUT2D eigenvalue weighted by Gasteiger charge is -2.41. The van der Waals surface area contributed by atoms with Crippen molar-refractivity contribution in [3.05, 3.63) is 23.8 Å². The van der Waals surface area contributed by atoms with Crippen LogP contribution in [0.2, 0.25) is 0 Å². The molecule has 1 aromatic carbocycles. The zero-order chi connectivity index (χ0) is 18.8. The second-order valence-corrected chi connectivity index (χ2v) is 7.91. The molecular formula is C18H16F3NO3S. The van der Waals surface area contributed by atoms with Gasteiger partial charge in [0.2, 0.25) is 11.8 Å². The van der Waals surface area contributed by atoms with Crippen molar-refractivity contribution in [2.24, 2.45) is 23.7 Å². The number of hydrogen-bond acceptors (Lipinski definition) is 4. The van der Waals surface area contributed by atoms with E-state index in [4.69, 9.17) is 0 Å². The van der Waals surface area contributed by atoms with E-state index in [1.165, 1.54) is 17.8 Å². The number of nitrogens with zero attached hydrogens (tertiary/aromatic N) is 1. The first-order valence-electron chi connectivity index (χ1n) is 8.39. The second-order valence-electron chi connectivity index (χ2n) is 7.06. The molecule has 1 aliphatic heterocycles. The van der Waals surface area contributed by atoms with Crippen LogP contribution in [0, 0.1) is 23.7 Å². The zero-order valence-corrected chi connectivity index (χ0v) is 14.7. The van der Waals surface area contributed by atoms with Gasteiger partial charge in [-0.2, -0.15) is 13.2 Å². The monoisotopic (exact) mass is 383 g/mol. The fraction of sp³-hybridized carbons (Fsp3) is 0.500. The highest BCUT2D eigenvalue weighted by Gasteiger charge is 2.61. The molecular weight excluding hydrogens is 367 g/mol. The number of carbonyl (C=O) groups excluding carboxylic acids is 3. The number of anilines is 1. The molecule has 2 amide bonds. The average molecular weight is 383 g/mol. The minimum Gasteiger partial charge on any atom is -0.299 e. The number of amides is 2. The maximum atomic E-state index is 13.1. The highest BCUT2D eigenvalue weighted by atomic mass is 32.2. The molecule has 0 spiro atoms. The predicted octanol–water partition coefficient (Wildman–Crippen LogP) is 3.53. The molecule has 4 nitrogen and oxygen atoms in total. The largest absolute Gasteiger partial charge is 0.416 e. The number of benzene rings is 1. The summed E-state index contributed by atoms with van der Waals surface area (Å²) in [5.74, 6) is -2.94. The summed E-state index contributed by atoms with van der Waals surface area (Å²) in [5.41, 5.74) is -0.927. The summed E-state index contributed by atoms with van der Waals surface area (Å²) >= 11 is 1.18. The highest BCUT2D eigenvalue weighted by molar-refractivity contribution is 7.98. The molecule has 5 rings (SSSR count). The van der Waals surface area contributed by atoms with Crippen molar-refractivity contribution < 1.29 is 27.6 Å². The molecule has 0 radical (unpaired) electrons. The number of carbonyl (C=O) groups is 3. The quantitative estimate of drug-likeness (QED) is 0.579. The molecule has 4 atom stereocenters. The number of rotatable bonds is 2. The Balaban J connectivity index is 1.80. The molecule has 8 heteroatoms. The van der Waals surface area contributed by atoms with Crippen LogP contribution in [0.4, 0.5) is 18.9 Å². The van der Waals surface area contributed by atoms with E-state index < -0.39 is 41.3 Å². The SMILES string of the molecule is CSc1ccc(C(F)(F)F)cc1N1C(=O)C2C3CCC(C(=O)C3)C2C1=O. The summed E-state index contributed by atoms with van der Waals surface area (Å²) in [7, 11) is 0. The van der Waals surface area contributed by atoms with Crippen LogP contribution in [-0.4, -0.2) is 23.9 Å². The molecule has 0 aromatic heterocycles. The van der Waals surface area contributed by atoms with Gasteiger partial charge in [-0.25, -0.2) is 4.90 Å². The van der Waals surface area contributed by atoms with Gasteiger partial charge in [-0.1, -0.05) is 0 Å². The lowest BCUT2D eigenvalue weighted by atomic mass is 9.59. The summed E-state index contributed by atoms with van der Waals surface area (Å²) in [6, 6.07) is 3.09. The smallest absolute Gasteiger partial charge is 0.299 e. The molecule has 1 saturated heterocycles. The number of Topliss-reactive ketones (excluding diaryl/α,β-unsaturated/α-hetero) is 1. The Morgan fingerprint density at radius 1 is 1.08 bits per heavy atom. The van der Waals surface area contributed by atoms with Crippen LogP contribution in [0.15, 0.2) is 23.1 Å². The Labute approximate surface area is 152 Å². The number of ketones is 1. The van der Waals surface area contributed by atoms with Gasteiger partial charge in [0, 0.05) is 17.2 Å². The molecule has 4 unspecified atom stereocenters. The summed E-state index contributed by atoms with van der Waals surface area (Å²) in [5, 5.41) is 0. The Bertz CT molecular complexity index is 822. The van der Waals surface area contributed by atoms with Crippen molar-refractivity contribution in [3.8, 4) is 0 Å². The van der Waals surface area contributed by atoms with E-state index >= 15 is 0 Å². The summed E-state index contributed by atoms with van der Waals surface area (Å²) in [6.45, 7) is 0. The average Bonchev–Trinajstić information content (AvgIpc) is 2.86. The zero-order valence-electron chi connectivity index (χ0n) is 13.9. The topological polar surface area (TPSA) is 54.5 Å². The molecule has 4 fully saturated rings. The van der Waals surface area contributed by atoms with Crippen LogP contribution in [-0.2, 0) is 20.6 Å². The fourth-order valence-corrected chi connectivity index (χ4v) is 5.23. The van der Waals surface area contributed by atoms with Gasteiger partial charge in [0.1, 0.15) is 5.78 Å². The summed E-state index contributed by atoms with van der Waals surface area (Å²) < 4.78 is 39.4. The highest BCUT2D eigenvalue weighted by Crippen LogP contribution is 2.53. The predicted molar refractivity (Wildman–Crippen MR) is 88.5 cm³/mol. The van der Waals surface area contributed by atoms with Gasteiger partial charge in [0.15, 0.2) is 0 Å². The first-order chi connectivity index (χ1) is 12.2. The molecule has 26 heavy (non-hydrogen) atoms. The lowest BCUT2D eigenvalue weighted by molar-refractivity contribution is -0.143. The number of imide groups is 1. The standard InChI is InChI=1S/C18H16F3NO3S/c1-26-13-5-3-9(18(19,20)21)7-11(13)22-16(24)14-8-2-4-10(12(23)6-8)15(14)17(22)25/h3,5,7-8,10,14-15H,2,4,6H2,1H3. The van der Waals surface area contributed by atoms with E-state index in [1.807, 2.05) is 0 Å². The third-order valence-corrected chi connectivity index (χ3v) is 6.60. The van der Waals surface area contributed by atoms with Crippen LogP contribution in [0.25, 0.3) is 0 Å². The Morgan fingerprint density at radius 2 is 1.77 bits per heavy atom. The van der Waals surface area contributed by atoms with Gasteiger partial charge in [-0.3, -0.25) is 14.4 Å². The minimum atomic E-state index is -4.57. The normalized spacial score (nSPS) is 30.9. The third-order valence-electron chi connectivity index (χ3n) is 5.81. The maximum absolute atomic E-state index is 13.1. The van der Waals surface area contributed by atoms with Crippen LogP contribution in [0.5, 0.6) is 0 Å². The fourth-order valence-electron chi connectivity index (χ4n) is 4.66. The number of hydrogen-bond donors (Lipinski definition) is 0. The van der Waals surface area contributed by atoms with Crippen molar-refractivity contribution >= 4 is 35.0 Å². The van der Waals surface area contributed by atoms with Gasteiger partial charge in [-0.05, 0) is 43.2 Å². The van der Waals surface area contributed by atoms with E-state index in [2.05, 4.69) is 0 Å². The van der Waals surface area contributed by atoms with E-state index in [0.717, 1.165) is 17.0 Å². The summed E-state index contributed by atoms with van der Waals surface area (Å²) in [4.78, 5) is 39.5. The lowest BCUT2D eigenvalue weighted by Crippen LogP contribution is -2.46. The van der Waals surface area contributed by atoms with Crippen LogP contribution < -0.4 is 4.90 Å². The van der Waals surface area contributed by atoms with Crippen LogP contribution in [0.3, 0.4) is 0 Å². The number of thioether (sulfide) groups is 1. The van der Waals surface area contributed by atoms with Gasteiger partial charge in [-0.15, -0.1) is 11.8 Å².